The summed E-state index contributed by atoms with van der Waals surface area (Å²) in [5, 5.41) is 3.23. The van der Waals surface area contributed by atoms with Gasteiger partial charge >= 0.3 is 0 Å². The summed E-state index contributed by atoms with van der Waals surface area (Å²) in [4.78, 5) is 31.0. The number of amides is 2. The van der Waals surface area contributed by atoms with E-state index in [0.717, 1.165) is 50.6 Å². The number of anilines is 1. The largest absolute Gasteiger partial charge is 0.305 e. The van der Waals surface area contributed by atoms with E-state index in [1.54, 1.807) is 0 Å². The van der Waals surface area contributed by atoms with Gasteiger partial charge in [0.05, 0.1) is 18.2 Å². The van der Waals surface area contributed by atoms with Crippen molar-refractivity contribution in [1.29, 1.82) is 0 Å². The van der Waals surface area contributed by atoms with E-state index in [1.165, 1.54) is 29.8 Å². The molecule has 4 rings (SSSR count). The fourth-order valence-electron chi connectivity index (χ4n) is 4.24. The zero-order chi connectivity index (χ0) is 21.6. The molecule has 2 fully saturated rings. The van der Waals surface area contributed by atoms with Gasteiger partial charge in [0.1, 0.15) is 5.82 Å². The molecule has 0 radical (unpaired) electrons. The highest BCUT2D eigenvalue weighted by molar-refractivity contribution is 6.22. The Hall–Kier alpha value is -2.61. The Morgan fingerprint density at radius 3 is 2.29 bits per heavy atom. The molecule has 1 atom stereocenters. The van der Waals surface area contributed by atoms with Crippen molar-refractivity contribution in [2.24, 2.45) is 0 Å². The molecule has 2 saturated heterocycles. The number of imide groups is 1. The number of benzene rings is 2. The molecule has 0 spiro atoms. The van der Waals surface area contributed by atoms with E-state index >= 15 is 0 Å². The van der Waals surface area contributed by atoms with E-state index in [1.807, 2.05) is 6.07 Å². The van der Waals surface area contributed by atoms with Crippen molar-refractivity contribution in [3.05, 3.63) is 66.0 Å². The Balaban J connectivity index is 1.16. The Bertz CT molecular complexity index is 882. The van der Waals surface area contributed by atoms with Crippen LogP contribution >= 0.6 is 0 Å². The molecule has 2 aromatic carbocycles. The number of hydrogen-bond donors (Lipinski definition) is 1. The SMILES string of the molecule is O=C1C[C@H](NCCCN2CCN(Cc3ccccc3)CC2)C(=O)N1c1ccc(F)cc1. The lowest BCUT2D eigenvalue weighted by molar-refractivity contribution is -0.121. The third-order valence-electron chi connectivity index (χ3n) is 5.99. The molecule has 2 aliphatic heterocycles. The van der Waals surface area contributed by atoms with Crippen LogP contribution in [-0.2, 0) is 16.1 Å². The fraction of sp³-hybridized carbons (Fsp3) is 0.417. The van der Waals surface area contributed by atoms with Crippen LogP contribution in [0.1, 0.15) is 18.4 Å². The topological polar surface area (TPSA) is 55.9 Å². The van der Waals surface area contributed by atoms with Crippen molar-refractivity contribution in [3.63, 3.8) is 0 Å². The minimum Gasteiger partial charge on any atom is -0.305 e. The van der Waals surface area contributed by atoms with Gasteiger partial charge in [-0.3, -0.25) is 14.5 Å². The molecule has 2 aromatic rings. The zero-order valence-corrected chi connectivity index (χ0v) is 17.7. The van der Waals surface area contributed by atoms with Crippen LogP contribution in [0.25, 0.3) is 0 Å². The quantitative estimate of drug-likeness (QED) is 0.520. The van der Waals surface area contributed by atoms with Gasteiger partial charge in [-0.25, -0.2) is 9.29 Å². The van der Waals surface area contributed by atoms with Crippen molar-refractivity contribution in [2.75, 3.05) is 44.2 Å². The van der Waals surface area contributed by atoms with Gasteiger partial charge in [0.15, 0.2) is 0 Å². The minimum absolute atomic E-state index is 0.147. The summed E-state index contributed by atoms with van der Waals surface area (Å²) in [5.74, 6) is -0.895. The molecule has 2 amide bonds. The van der Waals surface area contributed by atoms with E-state index in [0.29, 0.717) is 12.2 Å². The molecule has 31 heavy (non-hydrogen) atoms. The lowest BCUT2D eigenvalue weighted by atomic mass is 10.2. The number of carbonyl (C=O) groups excluding carboxylic acids is 2. The first-order valence-corrected chi connectivity index (χ1v) is 10.9. The maximum absolute atomic E-state index is 13.1. The van der Waals surface area contributed by atoms with Gasteiger partial charge < -0.3 is 10.2 Å². The molecular weight excluding hydrogens is 395 g/mol. The van der Waals surface area contributed by atoms with Crippen LogP contribution in [0.4, 0.5) is 10.1 Å². The standard InChI is InChI=1S/C24H29FN4O2/c25-20-7-9-21(10-8-20)29-23(30)17-22(24(29)31)26-11-4-12-27-13-15-28(16-14-27)18-19-5-2-1-3-6-19/h1-3,5-10,22,26H,4,11-18H2/t22-/m0/s1. The molecule has 0 bridgehead atoms. The van der Waals surface area contributed by atoms with Crippen LogP contribution in [0.3, 0.4) is 0 Å². The summed E-state index contributed by atoms with van der Waals surface area (Å²) >= 11 is 0. The summed E-state index contributed by atoms with van der Waals surface area (Å²) in [7, 11) is 0. The molecule has 0 aromatic heterocycles. The number of carbonyl (C=O) groups is 2. The highest BCUT2D eigenvalue weighted by Gasteiger charge is 2.39. The van der Waals surface area contributed by atoms with Crippen LogP contribution in [0.5, 0.6) is 0 Å². The lowest BCUT2D eigenvalue weighted by Crippen LogP contribution is -2.46. The average Bonchev–Trinajstić information content (AvgIpc) is 3.07. The van der Waals surface area contributed by atoms with Crippen molar-refractivity contribution in [3.8, 4) is 0 Å². The molecule has 2 heterocycles. The first kappa shape index (κ1) is 21.6. The van der Waals surface area contributed by atoms with Gasteiger partial charge in [-0.15, -0.1) is 0 Å². The van der Waals surface area contributed by atoms with Crippen LogP contribution in [0.15, 0.2) is 54.6 Å². The molecule has 7 heteroatoms. The van der Waals surface area contributed by atoms with E-state index in [-0.39, 0.29) is 18.2 Å². The Morgan fingerprint density at radius 2 is 1.58 bits per heavy atom. The first-order valence-electron chi connectivity index (χ1n) is 10.9. The second-order valence-electron chi connectivity index (χ2n) is 8.21. The van der Waals surface area contributed by atoms with Crippen molar-refractivity contribution >= 4 is 17.5 Å². The molecule has 0 aliphatic carbocycles. The maximum Gasteiger partial charge on any atom is 0.251 e. The highest BCUT2D eigenvalue weighted by atomic mass is 19.1. The lowest BCUT2D eigenvalue weighted by Gasteiger charge is -2.34. The number of nitrogens with zero attached hydrogens (tertiary/aromatic N) is 3. The van der Waals surface area contributed by atoms with Crippen molar-refractivity contribution in [2.45, 2.75) is 25.4 Å². The van der Waals surface area contributed by atoms with E-state index in [9.17, 15) is 14.0 Å². The van der Waals surface area contributed by atoms with Gasteiger partial charge in [-0.1, -0.05) is 30.3 Å². The second-order valence-corrected chi connectivity index (χ2v) is 8.21. The number of piperazine rings is 1. The first-order chi connectivity index (χ1) is 15.1. The average molecular weight is 425 g/mol. The predicted octanol–water partition coefficient (Wildman–Crippen LogP) is 2.26. The number of halogens is 1. The summed E-state index contributed by atoms with van der Waals surface area (Å²) in [6.07, 6.45) is 1.07. The number of rotatable bonds is 8. The Labute approximate surface area is 182 Å². The Morgan fingerprint density at radius 1 is 0.903 bits per heavy atom. The van der Waals surface area contributed by atoms with Gasteiger partial charge in [0, 0.05) is 32.7 Å². The van der Waals surface area contributed by atoms with Gasteiger partial charge in [-0.05, 0) is 49.3 Å². The summed E-state index contributed by atoms with van der Waals surface area (Å²) < 4.78 is 13.1. The van der Waals surface area contributed by atoms with E-state index in [4.69, 9.17) is 0 Å². The summed E-state index contributed by atoms with van der Waals surface area (Å²) in [6, 6.07) is 15.5. The second kappa shape index (κ2) is 10.1. The van der Waals surface area contributed by atoms with E-state index < -0.39 is 11.9 Å². The van der Waals surface area contributed by atoms with Gasteiger partial charge in [0.25, 0.3) is 5.91 Å². The summed E-state index contributed by atoms with van der Waals surface area (Å²) in [5.41, 5.74) is 1.78. The van der Waals surface area contributed by atoms with Gasteiger partial charge in [0.2, 0.25) is 5.91 Å². The molecule has 1 N–H and O–H groups in total. The van der Waals surface area contributed by atoms with E-state index in [2.05, 4.69) is 39.4 Å². The maximum atomic E-state index is 13.1. The molecule has 6 nitrogen and oxygen atoms in total. The van der Waals surface area contributed by atoms with Crippen molar-refractivity contribution < 1.29 is 14.0 Å². The molecule has 164 valence electrons. The van der Waals surface area contributed by atoms with Gasteiger partial charge in [-0.2, -0.15) is 0 Å². The molecule has 0 saturated carbocycles. The van der Waals surface area contributed by atoms with Crippen LogP contribution in [-0.4, -0.2) is 66.9 Å². The molecule has 2 aliphatic rings. The third-order valence-corrected chi connectivity index (χ3v) is 5.99. The predicted molar refractivity (Wildman–Crippen MR) is 118 cm³/mol. The highest BCUT2D eigenvalue weighted by Crippen LogP contribution is 2.23. The smallest absolute Gasteiger partial charge is 0.251 e. The molecule has 0 unspecified atom stereocenters. The van der Waals surface area contributed by atoms with Crippen LogP contribution in [0.2, 0.25) is 0 Å². The minimum atomic E-state index is -0.500. The number of hydrogen-bond acceptors (Lipinski definition) is 5. The number of nitrogens with one attached hydrogen (secondary N) is 1. The zero-order valence-electron chi connectivity index (χ0n) is 17.7. The normalized spacial score (nSPS) is 20.5. The third kappa shape index (κ3) is 5.55. The monoisotopic (exact) mass is 424 g/mol. The van der Waals surface area contributed by atoms with Crippen LogP contribution < -0.4 is 10.2 Å². The fourth-order valence-corrected chi connectivity index (χ4v) is 4.24. The van der Waals surface area contributed by atoms with Crippen molar-refractivity contribution in [1.82, 2.24) is 15.1 Å². The Kier molecular flexibility index (Phi) is 7.06. The molecular formula is C24H29FN4O2. The summed E-state index contributed by atoms with van der Waals surface area (Å²) in [6.45, 7) is 6.87. The van der Waals surface area contributed by atoms with Crippen LogP contribution in [0, 0.1) is 5.82 Å².